The molecule has 2 aromatic carbocycles. The minimum atomic E-state index is -3.85. The second-order valence-electron chi connectivity index (χ2n) is 5.77. The third kappa shape index (κ3) is 4.47. The molecule has 0 aliphatic rings. The number of nitrogens with zero attached hydrogens (tertiary/aromatic N) is 2. The van der Waals surface area contributed by atoms with Crippen LogP contribution in [0.4, 0.5) is 11.4 Å². The number of amides is 1. The third-order valence-corrected chi connectivity index (χ3v) is 5.69. The molecule has 1 atom stereocenters. The summed E-state index contributed by atoms with van der Waals surface area (Å²) >= 11 is 5.97. The van der Waals surface area contributed by atoms with Gasteiger partial charge in [-0.05, 0) is 43.3 Å². The topological polar surface area (TPSA) is 93.1 Å². The fraction of sp³-hybridized carbons (Fsp3) is 0.111. The molecule has 0 spiro atoms. The van der Waals surface area contributed by atoms with Crippen molar-refractivity contribution >= 4 is 38.9 Å². The lowest BCUT2D eigenvalue weighted by molar-refractivity contribution is -0.119. The molecule has 0 saturated carbocycles. The van der Waals surface area contributed by atoms with Gasteiger partial charge < -0.3 is 5.32 Å². The average Bonchev–Trinajstić information content (AvgIpc) is 3.15. The molecule has 140 valence electrons. The van der Waals surface area contributed by atoms with Crippen LogP contribution in [0.3, 0.4) is 0 Å². The van der Waals surface area contributed by atoms with Crippen molar-refractivity contribution in [3.63, 3.8) is 0 Å². The van der Waals surface area contributed by atoms with E-state index in [1.54, 1.807) is 55.7 Å². The van der Waals surface area contributed by atoms with E-state index in [1.165, 1.54) is 22.9 Å². The van der Waals surface area contributed by atoms with Crippen LogP contribution in [-0.4, -0.2) is 24.1 Å². The zero-order valence-corrected chi connectivity index (χ0v) is 15.9. The molecular weight excluding hydrogens is 388 g/mol. The fourth-order valence-electron chi connectivity index (χ4n) is 2.41. The first-order valence-corrected chi connectivity index (χ1v) is 9.90. The van der Waals surface area contributed by atoms with E-state index in [1.807, 2.05) is 0 Å². The van der Waals surface area contributed by atoms with Crippen molar-refractivity contribution in [1.29, 1.82) is 0 Å². The largest absolute Gasteiger partial charge is 0.324 e. The van der Waals surface area contributed by atoms with Crippen LogP contribution in [0, 0.1) is 0 Å². The standard InChI is InChI=1S/C18H17ClN4O3S/c1-13(23-11-5-10-20-23)18(24)21-14-6-4-7-15(12-14)22-27(25,26)17-9-3-2-8-16(17)19/h2-13,22H,1H3,(H,21,24)/t13-/m0/s1. The quantitative estimate of drug-likeness (QED) is 0.657. The lowest BCUT2D eigenvalue weighted by atomic mass is 10.2. The predicted molar refractivity (Wildman–Crippen MR) is 104 cm³/mol. The summed E-state index contributed by atoms with van der Waals surface area (Å²) in [6.07, 6.45) is 3.28. The molecule has 27 heavy (non-hydrogen) atoms. The summed E-state index contributed by atoms with van der Waals surface area (Å²) in [4.78, 5) is 12.3. The number of anilines is 2. The molecule has 2 N–H and O–H groups in total. The van der Waals surface area contributed by atoms with Crippen molar-refractivity contribution in [2.75, 3.05) is 10.0 Å². The van der Waals surface area contributed by atoms with Crippen LogP contribution in [0.15, 0.2) is 71.9 Å². The van der Waals surface area contributed by atoms with Gasteiger partial charge >= 0.3 is 0 Å². The predicted octanol–water partition coefficient (Wildman–Crippen LogP) is 3.54. The van der Waals surface area contributed by atoms with Crippen LogP contribution < -0.4 is 10.0 Å². The van der Waals surface area contributed by atoms with Crippen LogP contribution in [0.2, 0.25) is 5.02 Å². The van der Waals surface area contributed by atoms with Crippen molar-refractivity contribution < 1.29 is 13.2 Å². The highest BCUT2D eigenvalue weighted by Crippen LogP contribution is 2.24. The summed E-state index contributed by atoms with van der Waals surface area (Å²) in [6, 6.07) is 13.8. The molecule has 1 heterocycles. The van der Waals surface area contributed by atoms with Crippen LogP contribution in [0.25, 0.3) is 0 Å². The zero-order chi connectivity index (χ0) is 19.4. The zero-order valence-electron chi connectivity index (χ0n) is 14.3. The van der Waals surface area contributed by atoms with Crippen molar-refractivity contribution in [2.45, 2.75) is 17.9 Å². The molecule has 0 saturated heterocycles. The van der Waals surface area contributed by atoms with Gasteiger partial charge in [-0.2, -0.15) is 5.10 Å². The second-order valence-corrected chi connectivity index (χ2v) is 7.83. The van der Waals surface area contributed by atoms with Gasteiger partial charge in [-0.25, -0.2) is 8.42 Å². The van der Waals surface area contributed by atoms with E-state index in [0.29, 0.717) is 11.4 Å². The van der Waals surface area contributed by atoms with Crippen LogP contribution in [-0.2, 0) is 14.8 Å². The number of sulfonamides is 1. The summed E-state index contributed by atoms with van der Waals surface area (Å²) in [6.45, 7) is 1.71. The molecular formula is C18H17ClN4O3S. The third-order valence-electron chi connectivity index (χ3n) is 3.81. The minimum Gasteiger partial charge on any atom is -0.324 e. The van der Waals surface area contributed by atoms with Gasteiger partial charge in [0.1, 0.15) is 10.9 Å². The lowest BCUT2D eigenvalue weighted by Crippen LogP contribution is -2.24. The van der Waals surface area contributed by atoms with Crippen molar-refractivity contribution in [3.05, 3.63) is 72.0 Å². The molecule has 0 aliphatic carbocycles. The smallest absolute Gasteiger partial charge is 0.263 e. The number of hydrogen-bond acceptors (Lipinski definition) is 4. The van der Waals surface area contributed by atoms with Gasteiger partial charge in [0.15, 0.2) is 0 Å². The van der Waals surface area contributed by atoms with Crippen LogP contribution in [0.5, 0.6) is 0 Å². The Morgan fingerprint density at radius 1 is 1.11 bits per heavy atom. The van der Waals surface area contributed by atoms with E-state index in [9.17, 15) is 13.2 Å². The van der Waals surface area contributed by atoms with Gasteiger partial charge in [0.2, 0.25) is 5.91 Å². The van der Waals surface area contributed by atoms with E-state index in [2.05, 4.69) is 15.1 Å². The van der Waals surface area contributed by atoms with Crippen LogP contribution >= 0.6 is 11.6 Å². The van der Waals surface area contributed by atoms with Gasteiger partial charge in [-0.1, -0.05) is 29.8 Å². The first-order valence-electron chi connectivity index (χ1n) is 8.04. The minimum absolute atomic E-state index is 0.0200. The van der Waals surface area contributed by atoms with Crippen molar-refractivity contribution in [1.82, 2.24) is 9.78 Å². The highest BCUT2D eigenvalue weighted by Gasteiger charge is 2.18. The highest BCUT2D eigenvalue weighted by molar-refractivity contribution is 7.92. The number of carbonyl (C=O) groups excluding carboxylic acids is 1. The van der Waals surface area contributed by atoms with Gasteiger partial charge in [0.25, 0.3) is 10.0 Å². The SMILES string of the molecule is C[C@@H](C(=O)Nc1cccc(NS(=O)(=O)c2ccccc2Cl)c1)n1cccn1. The summed E-state index contributed by atoms with van der Waals surface area (Å²) in [5, 5.41) is 6.91. The lowest BCUT2D eigenvalue weighted by Gasteiger charge is -2.14. The Morgan fingerprint density at radius 2 is 1.85 bits per heavy atom. The number of aromatic nitrogens is 2. The molecule has 3 aromatic rings. The summed E-state index contributed by atoms with van der Waals surface area (Å²) in [5.41, 5.74) is 0.762. The number of hydrogen-bond donors (Lipinski definition) is 2. The first kappa shape index (κ1) is 18.9. The van der Waals surface area contributed by atoms with Crippen LogP contribution in [0.1, 0.15) is 13.0 Å². The number of rotatable bonds is 6. The molecule has 0 radical (unpaired) electrons. The Balaban J connectivity index is 1.76. The van der Waals surface area contributed by atoms with E-state index >= 15 is 0 Å². The molecule has 0 aliphatic heterocycles. The van der Waals surface area contributed by atoms with E-state index in [4.69, 9.17) is 11.6 Å². The maximum absolute atomic E-state index is 12.5. The number of carbonyl (C=O) groups is 1. The molecule has 1 amide bonds. The van der Waals surface area contributed by atoms with E-state index in [-0.39, 0.29) is 15.8 Å². The Labute approximate surface area is 162 Å². The average molecular weight is 405 g/mol. The highest BCUT2D eigenvalue weighted by atomic mass is 35.5. The van der Waals surface area contributed by atoms with Crippen molar-refractivity contribution in [3.8, 4) is 0 Å². The van der Waals surface area contributed by atoms with Gasteiger partial charge in [-0.3, -0.25) is 14.2 Å². The maximum atomic E-state index is 12.5. The van der Waals surface area contributed by atoms with Gasteiger partial charge in [0, 0.05) is 18.1 Å². The Kier molecular flexibility index (Phi) is 5.48. The Bertz CT molecular complexity index is 1050. The van der Waals surface area contributed by atoms with Crippen molar-refractivity contribution in [2.24, 2.45) is 0 Å². The summed E-state index contributed by atoms with van der Waals surface area (Å²) < 4.78 is 29.0. The summed E-state index contributed by atoms with van der Waals surface area (Å²) in [5.74, 6) is -0.273. The number of benzene rings is 2. The molecule has 9 heteroatoms. The maximum Gasteiger partial charge on any atom is 0.263 e. The summed E-state index contributed by atoms with van der Waals surface area (Å²) in [7, 11) is -3.85. The second kappa shape index (κ2) is 7.81. The molecule has 0 fully saturated rings. The molecule has 7 nitrogen and oxygen atoms in total. The molecule has 0 bridgehead atoms. The number of halogens is 1. The molecule has 3 rings (SSSR count). The van der Waals surface area contributed by atoms with E-state index in [0.717, 1.165) is 0 Å². The van der Waals surface area contributed by atoms with Gasteiger partial charge in [-0.15, -0.1) is 0 Å². The normalized spacial score (nSPS) is 12.4. The molecule has 1 aromatic heterocycles. The first-order chi connectivity index (χ1) is 12.9. The van der Waals surface area contributed by atoms with Gasteiger partial charge in [0.05, 0.1) is 10.7 Å². The Hall–Kier alpha value is -2.84. The Morgan fingerprint density at radius 3 is 2.56 bits per heavy atom. The van der Waals surface area contributed by atoms with E-state index < -0.39 is 16.1 Å². The fourth-order valence-corrected chi connectivity index (χ4v) is 3.98. The molecule has 0 unspecified atom stereocenters. The monoisotopic (exact) mass is 404 g/mol. The number of nitrogens with one attached hydrogen (secondary N) is 2.